The summed E-state index contributed by atoms with van der Waals surface area (Å²) in [5, 5.41) is 0. The number of esters is 1. The number of rotatable bonds is 4. The Kier molecular flexibility index (Phi) is 4.11. The van der Waals surface area contributed by atoms with Gasteiger partial charge in [0.05, 0.1) is 7.11 Å². The molecular formula is C11H15NO2. The molecule has 0 radical (unpaired) electrons. The van der Waals surface area contributed by atoms with E-state index in [2.05, 4.69) is 16.6 Å². The summed E-state index contributed by atoms with van der Waals surface area (Å²) in [4.78, 5) is 15.1. The van der Waals surface area contributed by atoms with Crippen LogP contribution in [0.4, 0.5) is 0 Å². The average molecular weight is 193 g/mol. The highest BCUT2D eigenvalue weighted by Crippen LogP contribution is 2.04. The third-order valence-electron chi connectivity index (χ3n) is 2.09. The molecule has 0 amide bonds. The van der Waals surface area contributed by atoms with Gasteiger partial charge in [0.1, 0.15) is 0 Å². The van der Waals surface area contributed by atoms with Crippen molar-refractivity contribution in [3.05, 3.63) is 29.6 Å². The Morgan fingerprint density at radius 2 is 2.29 bits per heavy atom. The Morgan fingerprint density at radius 1 is 1.50 bits per heavy atom. The summed E-state index contributed by atoms with van der Waals surface area (Å²) in [7, 11) is 1.40. The first-order valence-corrected chi connectivity index (χ1v) is 4.77. The first-order valence-electron chi connectivity index (χ1n) is 4.77. The lowest BCUT2D eigenvalue weighted by molar-refractivity contribution is -0.140. The molecule has 0 atom stereocenters. The van der Waals surface area contributed by atoms with Crippen molar-refractivity contribution < 1.29 is 9.53 Å². The van der Waals surface area contributed by atoms with Crippen molar-refractivity contribution >= 4 is 5.97 Å². The third kappa shape index (κ3) is 3.17. The van der Waals surface area contributed by atoms with E-state index in [9.17, 15) is 4.79 Å². The SMILES string of the molecule is CCc1ccc(CCC(=O)OC)cn1. The fourth-order valence-electron chi connectivity index (χ4n) is 1.16. The van der Waals surface area contributed by atoms with Crippen molar-refractivity contribution in [1.82, 2.24) is 4.98 Å². The van der Waals surface area contributed by atoms with E-state index in [1.807, 2.05) is 18.3 Å². The van der Waals surface area contributed by atoms with Crippen LogP contribution in [0.3, 0.4) is 0 Å². The molecule has 0 N–H and O–H groups in total. The molecule has 0 unspecified atom stereocenters. The Bertz CT molecular complexity index is 293. The van der Waals surface area contributed by atoms with Crippen molar-refractivity contribution in [2.75, 3.05) is 7.11 Å². The van der Waals surface area contributed by atoms with Gasteiger partial charge in [-0.3, -0.25) is 9.78 Å². The van der Waals surface area contributed by atoms with Crippen LogP contribution in [-0.4, -0.2) is 18.1 Å². The molecule has 1 aromatic rings. The molecule has 3 nitrogen and oxygen atoms in total. The first kappa shape index (κ1) is 10.7. The molecule has 14 heavy (non-hydrogen) atoms. The molecule has 1 aromatic heterocycles. The van der Waals surface area contributed by atoms with Gasteiger partial charge in [-0.15, -0.1) is 0 Å². The normalized spacial score (nSPS) is 9.86. The van der Waals surface area contributed by atoms with E-state index in [4.69, 9.17) is 0 Å². The van der Waals surface area contributed by atoms with Gasteiger partial charge >= 0.3 is 5.97 Å². The summed E-state index contributed by atoms with van der Waals surface area (Å²) in [5.74, 6) is -0.176. The van der Waals surface area contributed by atoms with Crippen LogP contribution in [0, 0.1) is 0 Å². The number of hydrogen-bond donors (Lipinski definition) is 0. The molecule has 0 bridgehead atoms. The maximum Gasteiger partial charge on any atom is 0.305 e. The van der Waals surface area contributed by atoms with E-state index in [1.165, 1.54) is 7.11 Å². The summed E-state index contributed by atoms with van der Waals surface area (Å²) >= 11 is 0. The minimum absolute atomic E-state index is 0.176. The van der Waals surface area contributed by atoms with Crippen LogP contribution < -0.4 is 0 Å². The van der Waals surface area contributed by atoms with E-state index < -0.39 is 0 Å². The molecule has 3 heteroatoms. The summed E-state index contributed by atoms with van der Waals surface area (Å²) in [6, 6.07) is 4.00. The van der Waals surface area contributed by atoms with Gasteiger partial charge in [0, 0.05) is 18.3 Å². The Labute approximate surface area is 84.1 Å². The minimum atomic E-state index is -0.176. The van der Waals surface area contributed by atoms with Crippen LogP contribution >= 0.6 is 0 Å². The maximum atomic E-state index is 10.9. The number of hydrogen-bond acceptors (Lipinski definition) is 3. The van der Waals surface area contributed by atoms with Crippen LogP contribution in [0.15, 0.2) is 18.3 Å². The molecular weight excluding hydrogens is 178 g/mol. The third-order valence-corrected chi connectivity index (χ3v) is 2.09. The average Bonchev–Trinajstić information content (AvgIpc) is 2.26. The van der Waals surface area contributed by atoms with Gasteiger partial charge in [-0.05, 0) is 24.5 Å². The second-order valence-electron chi connectivity index (χ2n) is 3.09. The summed E-state index contributed by atoms with van der Waals surface area (Å²) < 4.78 is 4.56. The molecule has 0 aromatic carbocycles. The molecule has 1 rings (SSSR count). The Hall–Kier alpha value is -1.38. The minimum Gasteiger partial charge on any atom is -0.469 e. The van der Waals surface area contributed by atoms with Crippen LogP contribution in [0.25, 0.3) is 0 Å². The molecule has 0 saturated heterocycles. The Morgan fingerprint density at radius 3 is 2.79 bits per heavy atom. The molecule has 0 aliphatic heterocycles. The fourth-order valence-corrected chi connectivity index (χ4v) is 1.16. The standard InChI is InChI=1S/C11H15NO2/c1-3-10-6-4-9(8-12-10)5-7-11(13)14-2/h4,6,8H,3,5,7H2,1-2H3. The van der Waals surface area contributed by atoms with Crippen LogP contribution in [0.2, 0.25) is 0 Å². The number of ether oxygens (including phenoxy) is 1. The highest BCUT2D eigenvalue weighted by atomic mass is 16.5. The van der Waals surface area contributed by atoms with Crippen molar-refractivity contribution in [3.63, 3.8) is 0 Å². The van der Waals surface area contributed by atoms with E-state index in [-0.39, 0.29) is 5.97 Å². The molecule has 0 aliphatic carbocycles. The highest BCUT2D eigenvalue weighted by molar-refractivity contribution is 5.69. The smallest absolute Gasteiger partial charge is 0.305 e. The fraction of sp³-hybridized carbons (Fsp3) is 0.455. The maximum absolute atomic E-state index is 10.9. The van der Waals surface area contributed by atoms with Gasteiger partial charge in [0.25, 0.3) is 0 Å². The zero-order valence-corrected chi connectivity index (χ0v) is 8.62. The molecule has 0 aliphatic rings. The van der Waals surface area contributed by atoms with Crippen molar-refractivity contribution in [1.29, 1.82) is 0 Å². The second kappa shape index (κ2) is 5.37. The lowest BCUT2D eigenvalue weighted by atomic mass is 10.1. The van der Waals surface area contributed by atoms with Crippen molar-refractivity contribution in [2.24, 2.45) is 0 Å². The van der Waals surface area contributed by atoms with Crippen molar-refractivity contribution in [2.45, 2.75) is 26.2 Å². The topological polar surface area (TPSA) is 39.2 Å². The number of aryl methyl sites for hydroxylation is 2. The molecule has 0 saturated carbocycles. The Balaban J connectivity index is 2.47. The van der Waals surface area contributed by atoms with Crippen molar-refractivity contribution in [3.8, 4) is 0 Å². The predicted octanol–water partition coefficient (Wildman–Crippen LogP) is 1.75. The summed E-state index contributed by atoms with van der Waals surface area (Å²) in [5.41, 5.74) is 2.15. The monoisotopic (exact) mass is 193 g/mol. The summed E-state index contributed by atoms with van der Waals surface area (Å²) in [6.45, 7) is 2.07. The van der Waals surface area contributed by atoms with Gasteiger partial charge in [0.2, 0.25) is 0 Å². The van der Waals surface area contributed by atoms with Crippen LogP contribution in [0.5, 0.6) is 0 Å². The van der Waals surface area contributed by atoms with E-state index in [0.29, 0.717) is 12.8 Å². The largest absolute Gasteiger partial charge is 0.469 e. The molecule has 1 heterocycles. The number of nitrogens with zero attached hydrogens (tertiary/aromatic N) is 1. The van der Waals surface area contributed by atoms with E-state index in [1.54, 1.807) is 0 Å². The van der Waals surface area contributed by atoms with Gasteiger partial charge in [-0.25, -0.2) is 0 Å². The molecule has 0 fully saturated rings. The number of carbonyl (C=O) groups is 1. The second-order valence-corrected chi connectivity index (χ2v) is 3.09. The van der Waals surface area contributed by atoms with Gasteiger partial charge in [-0.1, -0.05) is 13.0 Å². The molecule has 0 spiro atoms. The van der Waals surface area contributed by atoms with Gasteiger partial charge < -0.3 is 4.74 Å². The van der Waals surface area contributed by atoms with Gasteiger partial charge in [0.15, 0.2) is 0 Å². The zero-order chi connectivity index (χ0) is 10.4. The van der Waals surface area contributed by atoms with Crippen LogP contribution in [0.1, 0.15) is 24.6 Å². The number of pyridine rings is 1. The molecule has 76 valence electrons. The number of methoxy groups -OCH3 is 1. The van der Waals surface area contributed by atoms with E-state index in [0.717, 1.165) is 17.7 Å². The zero-order valence-electron chi connectivity index (χ0n) is 8.62. The quantitative estimate of drug-likeness (QED) is 0.684. The van der Waals surface area contributed by atoms with E-state index >= 15 is 0 Å². The number of carbonyl (C=O) groups excluding carboxylic acids is 1. The lowest BCUT2D eigenvalue weighted by Crippen LogP contribution is -2.02. The van der Waals surface area contributed by atoms with Gasteiger partial charge in [-0.2, -0.15) is 0 Å². The lowest BCUT2D eigenvalue weighted by Gasteiger charge is -2.01. The summed E-state index contributed by atoms with van der Waals surface area (Å²) in [6.07, 6.45) is 3.88. The first-order chi connectivity index (χ1) is 6.76. The highest BCUT2D eigenvalue weighted by Gasteiger charge is 2.01. The predicted molar refractivity (Wildman–Crippen MR) is 54.0 cm³/mol. The van der Waals surface area contributed by atoms with Crippen LogP contribution in [-0.2, 0) is 22.4 Å². The number of aromatic nitrogens is 1.